The summed E-state index contributed by atoms with van der Waals surface area (Å²) in [5.41, 5.74) is 3.04. The Bertz CT molecular complexity index is 1070. The minimum atomic E-state index is -0.714. The molecule has 0 saturated carbocycles. The fourth-order valence-corrected chi connectivity index (χ4v) is 4.36. The second-order valence-electron chi connectivity index (χ2n) is 9.01. The number of ether oxygens (including phenoxy) is 3. The number of amides is 2. The average Bonchev–Trinajstić information content (AvgIpc) is 3.57. The van der Waals surface area contributed by atoms with Gasteiger partial charge in [0.2, 0.25) is 0 Å². The number of carbonyl (C=O) groups excluding carboxylic acids is 2. The van der Waals surface area contributed by atoms with Crippen molar-refractivity contribution in [2.24, 2.45) is 0 Å². The van der Waals surface area contributed by atoms with Gasteiger partial charge >= 0.3 is 6.09 Å². The molecule has 2 fully saturated rings. The summed E-state index contributed by atoms with van der Waals surface area (Å²) >= 11 is 0. The van der Waals surface area contributed by atoms with Gasteiger partial charge in [0.1, 0.15) is 12.4 Å². The summed E-state index contributed by atoms with van der Waals surface area (Å²) in [6.07, 6.45) is 3.12. The van der Waals surface area contributed by atoms with E-state index in [1.807, 2.05) is 38.1 Å². The van der Waals surface area contributed by atoms with Crippen molar-refractivity contribution in [1.29, 1.82) is 0 Å². The maximum absolute atomic E-state index is 12.7. The van der Waals surface area contributed by atoms with E-state index in [1.165, 1.54) is 11.8 Å². The number of benzene rings is 1. The molecule has 10 heteroatoms. The van der Waals surface area contributed by atoms with Crippen LogP contribution in [0.25, 0.3) is 5.57 Å². The molecular weight excluding hydrogens is 440 g/mol. The monoisotopic (exact) mass is 468 g/mol. The van der Waals surface area contributed by atoms with E-state index < -0.39 is 11.9 Å². The molecule has 1 aromatic carbocycles. The van der Waals surface area contributed by atoms with E-state index >= 15 is 0 Å². The third-order valence-corrected chi connectivity index (χ3v) is 6.18. The van der Waals surface area contributed by atoms with E-state index in [2.05, 4.69) is 16.5 Å². The van der Waals surface area contributed by atoms with Gasteiger partial charge in [-0.15, -0.1) is 0 Å². The average molecular weight is 469 g/mol. The first kappa shape index (κ1) is 22.4. The first-order valence-electron chi connectivity index (χ1n) is 11.4. The molecule has 2 aromatic rings. The van der Waals surface area contributed by atoms with Crippen LogP contribution in [0, 0.1) is 0 Å². The third kappa shape index (κ3) is 4.78. The summed E-state index contributed by atoms with van der Waals surface area (Å²) in [5.74, 6) is -0.141. The van der Waals surface area contributed by atoms with E-state index in [0.29, 0.717) is 32.0 Å². The van der Waals surface area contributed by atoms with E-state index in [-0.39, 0.29) is 24.7 Å². The molecule has 0 unspecified atom stereocenters. The number of rotatable bonds is 6. The van der Waals surface area contributed by atoms with Crippen molar-refractivity contribution in [2.45, 2.75) is 38.3 Å². The summed E-state index contributed by atoms with van der Waals surface area (Å²) in [6.45, 7) is 5.99. The zero-order chi connectivity index (χ0) is 23.7. The summed E-state index contributed by atoms with van der Waals surface area (Å²) in [4.78, 5) is 28.5. The number of nitrogens with one attached hydrogen (secondary N) is 1. The van der Waals surface area contributed by atoms with Crippen LogP contribution < -0.4 is 10.2 Å². The molecule has 1 N–H and O–H groups in total. The summed E-state index contributed by atoms with van der Waals surface area (Å²) in [5, 5.41) is 6.87. The largest absolute Gasteiger partial charge is 0.442 e. The van der Waals surface area contributed by atoms with Gasteiger partial charge in [-0.05, 0) is 43.5 Å². The molecule has 3 aliphatic rings. The highest BCUT2D eigenvalue weighted by atomic mass is 16.7. The van der Waals surface area contributed by atoms with Gasteiger partial charge in [-0.25, -0.2) is 4.79 Å². The minimum absolute atomic E-state index is 0.0311. The van der Waals surface area contributed by atoms with Crippen LogP contribution >= 0.6 is 0 Å². The quantitative estimate of drug-likeness (QED) is 0.690. The van der Waals surface area contributed by atoms with Crippen molar-refractivity contribution in [1.82, 2.24) is 10.1 Å². The maximum atomic E-state index is 12.7. The van der Waals surface area contributed by atoms with Crippen LogP contribution in [0.2, 0.25) is 0 Å². The molecule has 10 nitrogen and oxygen atoms in total. The molecule has 2 atom stereocenters. The van der Waals surface area contributed by atoms with E-state index in [0.717, 1.165) is 17.7 Å². The van der Waals surface area contributed by atoms with Crippen LogP contribution in [0.3, 0.4) is 0 Å². The lowest BCUT2D eigenvalue weighted by Crippen LogP contribution is -2.43. The predicted octanol–water partition coefficient (Wildman–Crippen LogP) is 2.88. The van der Waals surface area contributed by atoms with E-state index in [4.69, 9.17) is 18.7 Å². The van der Waals surface area contributed by atoms with Gasteiger partial charge in [0.15, 0.2) is 17.7 Å². The molecule has 2 saturated heterocycles. The first-order chi connectivity index (χ1) is 16.4. The lowest BCUT2D eigenvalue weighted by molar-refractivity contribution is -0.159. The highest BCUT2D eigenvalue weighted by molar-refractivity contribution is 5.90. The van der Waals surface area contributed by atoms with Crippen molar-refractivity contribution >= 4 is 29.1 Å². The number of hydrogen-bond donors (Lipinski definition) is 1. The Labute approximate surface area is 197 Å². The number of hydrogen-bond acceptors (Lipinski definition) is 8. The van der Waals surface area contributed by atoms with Crippen LogP contribution in [0.4, 0.5) is 16.3 Å². The molecule has 0 spiro atoms. The fourth-order valence-electron chi connectivity index (χ4n) is 4.36. The summed E-state index contributed by atoms with van der Waals surface area (Å²) in [6, 6.07) is 9.56. The minimum Gasteiger partial charge on any atom is -0.442 e. The molecule has 3 aliphatic heterocycles. The second-order valence-corrected chi connectivity index (χ2v) is 9.01. The fraction of sp³-hybridized carbons (Fsp3) is 0.458. The van der Waals surface area contributed by atoms with Crippen LogP contribution in [-0.2, 0) is 19.0 Å². The van der Waals surface area contributed by atoms with Crippen molar-refractivity contribution in [2.75, 3.05) is 43.0 Å². The Kier molecular flexibility index (Phi) is 6.01. The molecule has 34 heavy (non-hydrogen) atoms. The van der Waals surface area contributed by atoms with Crippen molar-refractivity contribution < 1.29 is 28.3 Å². The van der Waals surface area contributed by atoms with Gasteiger partial charge in [-0.3, -0.25) is 9.69 Å². The van der Waals surface area contributed by atoms with Gasteiger partial charge in [0.05, 0.1) is 19.7 Å². The molecule has 4 heterocycles. The van der Waals surface area contributed by atoms with Crippen molar-refractivity contribution in [3.63, 3.8) is 0 Å². The van der Waals surface area contributed by atoms with Crippen LogP contribution in [0.1, 0.15) is 25.8 Å². The van der Waals surface area contributed by atoms with Crippen molar-refractivity contribution in [3.8, 4) is 0 Å². The Morgan fingerprint density at radius 1 is 1.24 bits per heavy atom. The molecule has 1 aromatic heterocycles. The van der Waals surface area contributed by atoms with Crippen LogP contribution in [0.5, 0.6) is 0 Å². The maximum Gasteiger partial charge on any atom is 0.414 e. The summed E-state index contributed by atoms with van der Waals surface area (Å²) < 4.78 is 21.5. The highest BCUT2D eigenvalue weighted by Gasteiger charge is 2.39. The van der Waals surface area contributed by atoms with E-state index in [1.54, 1.807) is 15.9 Å². The van der Waals surface area contributed by atoms with Gasteiger partial charge in [0, 0.05) is 24.8 Å². The predicted molar refractivity (Wildman–Crippen MR) is 123 cm³/mol. The lowest BCUT2D eigenvalue weighted by Gasteiger charge is -2.29. The van der Waals surface area contributed by atoms with Crippen LogP contribution in [-0.4, -0.2) is 72.8 Å². The van der Waals surface area contributed by atoms with Gasteiger partial charge in [0.25, 0.3) is 5.91 Å². The molecule has 0 aliphatic carbocycles. The highest BCUT2D eigenvalue weighted by Crippen LogP contribution is 2.29. The third-order valence-electron chi connectivity index (χ3n) is 6.18. The first-order valence-corrected chi connectivity index (χ1v) is 11.4. The second kappa shape index (κ2) is 9.11. The normalized spacial score (nSPS) is 24.2. The Morgan fingerprint density at radius 3 is 2.71 bits per heavy atom. The molecule has 180 valence electrons. The van der Waals surface area contributed by atoms with Crippen molar-refractivity contribution in [3.05, 3.63) is 48.2 Å². The van der Waals surface area contributed by atoms with Gasteiger partial charge in [-0.1, -0.05) is 23.4 Å². The van der Waals surface area contributed by atoms with Gasteiger partial charge in [-0.2, -0.15) is 0 Å². The molecule has 2 amide bonds. The Morgan fingerprint density at radius 2 is 2.06 bits per heavy atom. The topological polar surface area (TPSA) is 106 Å². The number of carbonyl (C=O) groups is 2. The van der Waals surface area contributed by atoms with E-state index in [9.17, 15) is 9.59 Å². The molecule has 0 radical (unpaired) electrons. The molecular formula is C24H28N4O6. The zero-order valence-electron chi connectivity index (χ0n) is 19.2. The standard InChI is InChI=1S/C24H28N4O6/c1-24(2)31-15-20(34-24)22(29)27-10-7-17(8-11-27)16-3-5-18(6-4-16)28-14-19(33-23(28)30)13-25-21-9-12-32-26-21/h3-7,9,12,19-20H,8,10-11,13-15H2,1-2H3,(H,25,26)/t19-,20-/m0/s1. The Hall–Kier alpha value is -3.37. The lowest BCUT2D eigenvalue weighted by atomic mass is 9.99. The molecule has 5 rings (SSSR count). The number of anilines is 2. The zero-order valence-corrected chi connectivity index (χ0v) is 19.2. The molecule has 0 bridgehead atoms. The smallest absolute Gasteiger partial charge is 0.414 e. The number of aromatic nitrogens is 1. The summed E-state index contributed by atoms with van der Waals surface area (Å²) in [7, 11) is 0. The number of cyclic esters (lactones) is 1. The van der Waals surface area contributed by atoms with Gasteiger partial charge < -0.3 is 29.0 Å². The van der Waals surface area contributed by atoms with Crippen LogP contribution in [0.15, 0.2) is 47.2 Å². The Balaban J connectivity index is 1.16. The SMILES string of the molecule is CC1(C)OC[C@@H](C(=O)N2CC=C(c3ccc(N4C[C@H](CNc5ccon5)OC4=O)cc3)CC2)O1. The number of nitrogens with zero attached hydrogens (tertiary/aromatic N) is 3.